The molecule has 13 heavy (non-hydrogen) atoms. The molecule has 0 saturated heterocycles. The number of aliphatic hydroxyl groups excluding tert-OH is 1. The highest BCUT2D eigenvalue weighted by Crippen LogP contribution is 2.18. The van der Waals surface area contributed by atoms with Crippen LogP contribution in [0.4, 0.5) is 10.1 Å². The number of rotatable bonds is 2. The number of aliphatic hydroxyl groups is 1. The van der Waals surface area contributed by atoms with E-state index >= 15 is 0 Å². The standard InChI is InChI=1S/C9H13FN2O/c1-5(13)9(12)6-2-3-8(11)7(10)4-6/h2-5,9,13H,11-12H2,1H3. The molecule has 0 bridgehead atoms. The molecule has 0 heterocycles. The Balaban J connectivity index is 2.97. The highest BCUT2D eigenvalue weighted by Gasteiger charge is 2.12. The van der Waals surface area contributed by atoms with Crippen molar-refractivity contribution in [3.05, 3.63) is 29.6 Å². The van der Waals surface area contributed by atoms with Gasteiger partial charge in [-0.2, -0.15) is 0 Å². The molecule has 1 aromatic carbocycles. The van der Waals surface area contributed by atoms with Crippen LogP contribution in [0.15, 0.2) is 18.2 Å². The summed E-state index contributed by atoms with van der Waals surface area (Å²) >= 11 is 0. The molecule has 3 nitrogen and oxygen atoms in total. The van der Waals surface area contributed by atoms with Gasteiger partial charge in [0.25, 0.3) is 0 Å². The Labute approximate surface area is 76.2 Å². The van der Waals surface area contributed by atoms with Crippen molar-refractivity contribution >= 4 is 5.69 Å². The molecule has 1 aromatic rings. The average molecular weight is 184 g/mol. The van der Waals surface area contributed by atoms with Crippen LogP contribution in [0.25, 0.3) is 0 Å². The Morgan fingerprint density at radius 3 is 2.54 bits per heavy atom. The zero-order valence-corrected chi connectivity index (χ0v) is 7.37. The summed E-state index contributed by atoms with van der Waals surface area (Å²) in [5.74, 6) is -0.506. The number of hydrogen-bond donors (Lipinski definition) is 3. The van der Waals surface area contributed by atoms with Gasteiger partial charge >= 0.3 is 0 Å². The molecule has 1 rings (SSSR count). The normalized spacial score (nSPS) is 15.4. The highest BCUT2D eigenvalue weighted by atomic mass is 19.1. The van der Waals surface area contributed by atoms with E-state index in [1.165, 1.54) is 12.1 Å². The molecule has 0 aliphatic carbocycles. The second-order valence-electron chi connectivity index (χ2n) is 3.05. The number of nitrogen functional groups attached to an aromatic ring is 1. The maximum Gasteiger partial charge on any atom is 0.146 e. The highest BCUT2D eigenvalue weighted by molar-refractivity contribution is 5.42. The van der Waals surface area contributed by atoms with E-state index in [0.717, 1.165) is 0 Å². The maximum absolute atomic E-state index is 12.9. The predicted octanol–water partition coefficient (Wildman–Crippen LogP) is 0.789. The van der Waals surface area contributed by atoms with Gasteiger partial charge < -0.3 is 16.6 Å². The number of benzene rings is 1. The molecule has 72 valence electrons. The summed E-state index contributed by atoms with van der Waals surface area (Å²) in [6.07, 6.45) is -0.706. The summed E-state index contributed by atoms with van der Waals surface area (Å²) in [6, 6.07) is 3.71. The van der Waals surface area contributed by atoms with Gasteiger partial charge in [0, 0.05) is 0 Å². The Hall–Kier alpha value is -1.13. The van der Waals surface area contributed by atoms with Crippen molar-refractivity contribution in [3.8, 4) is 0 Å². The first-order valence-corrected chi connectivity index (χ1v) is 4.01. The summed E-state index contributed by atoms with van der Waals surface area (Å²) in [7, 11) is 0. The van der Waals surface area contributed by atoms with Gasteiger partial charge in [0.1, 0.15) is 5.82 Å². The van der Waals surface area contributed by atoms with Crippen LogP contribution in [0.3, 0.4) is 0 Å². The SMILES string of the molecule is CC(O)C(N)c1ccc(N)c(F)c1. The van der Waals surface area contributed by atoms with Gasteiger partial charge in [-0.05, 0) is 24.6 Å². The minimum Gasteiger partial charge on any atom is -0.396 e. The smallest absolute Gasteiger partial charge is 0.146 e. The van der Waals surface area contributed by atoms with Gasteiger partial charge in [-0.15, -0.1) is 0 Å². The molecule has 0 saturated carbocycles. The number of hydrogen-bond acceptors (Lipinski definition) is 3. The Morgan fingerprint density at radius 2 is 2.08 bits per heavy atom. The lowest BCUT2D eigenvalue weighted by Crippen LogP contribution is -2.23. The minimum absolute atomic E-state index is 0.0848. The monoisotopic (exact) mass is 184 g/mol. The maximum atomic E-state index is 12.9. The molecule has 5 N–H and O–H groups in total. The molecule has 0 aromatic heterocycles. The largest absolute Gasteiger partial charge is 0.396 e. The van der Waals surface area contributed by atoms with Crippen molar-refractivity contribution in [2.24, 2.45) is 5.73 Å². The minimum atomic E-state index is -0.706. The summed E-state index contributed by atoms with van der Waals surface area (Å²) in [5, 5.41) is 9.16. The van der Waals surface area contributed by atoms with Crippen LogP contribution in [0.2, 0.25) is 0 Å². The van der Waals surface area contributed by atoms with Gasteiger partial charge in [0.2, 0.25) is 0 Å². The molecule has 2 atom stereocenters. The van der Waals surface area contributed by atoms with E-state index in [4.69, 9.17) is 16.6 Å². The second-order valence-corrected chi connectivity index (χ2v) is 3.05. The Kier molecular flexibility index (Phi) is 2.85. The Bertz CT molecular complexity index is 302. The van der Waals surface area contributed by atoms with Gasteiger partial charge in [0.05, 0.1) is 17.8 Å². The van der Waals surface area contributed by atoms with Gasteiger partial charge in [-0.1, -0.05) is 6.07 Å². The molecule has 0 spiro atoms. The van der Waals surface area contributed by atoms with Crippen molar-refractivity contribution in [2.45, 2.75) is 19.1 Å². The first kappa shape index (κ1) is 9.95. The first-order valence-electron chi connectivity index (χ1n) is 4.01. The Morgan fingerprint density at radius 1 is 1.46 bits per heavy atom. The van der Waals surface area contributed by atoms with Crippen molar-refractivity contribution in [2.75, 3.05) is 5.73 Å². The van der Waals surface area contributed by atoms with Crippen molar-refractivity contribution in [1.82, 2.24) is 0 Å². The molecule has 0 fully saturated rings. The molecule has 0 aliphatic heterocycles. The molecule has 0 aliphatic rings. The second kappa shape index (κ2) is 3.72. The van der Waals surface area contributed by atoms with E-state index in [0.29, 0.717) is 5.56 Å². The van der Waals surface area contributed by atoms with E-state index in [1.54, 1.807) is 13.0 Å². The van der Waals surface area contributed by atoms with E-state index in [2.05, 4.69) is 0 Å². The lowest BCUT2D eigenvalue weighted by atomic mass is 10.0. The van der Waals surface area contributed by atoms with Crippen LogP contribution >= 0.6 is 0 Å². The summed E-state index contributed by atoms with van der Waals surface area (Å²) in [4.78, 5) is 0. The molecular formula is C9H13FN2O. The van der Waals surface area contributed by atoms with Crippen LogP contribution in [-0.4, -0.2) is 11.2 Å². The molecule has 0 amide bonds. The van der Waals surface area contributed by atoms with E-state index < -0.39 is 18.0 Å². The van der Waals surface area contributed by atoms with E-state index in [9.17, 15) is 4.39 Å². The third-order valence-corrected chi connectivity index (χ3v) is 1.93. The summed E-state index contributed by atoms with van der Waals surface area (Å²) < 4.78 is 12.9. The third-order valence-electron chi connectivity index (χ3n) is 1.93. The predicted molar refractivity (Wildman–Crippen MR) is 49.4 cm³/mol. The molecule has 4 heteroatoms. The summed E-state index contributed by atoms with van der Waals surface area (Å²) in [6.45, 7) is 1.55. The van der Waals surface area contributed by atoms with E-state index in [-0.39, 0.29) is 5.69 Å². The fraction of sp³-hybridized carbons (Fsp3) is 0.333. The topological polar surface area (TPSA) is 72.3 Å². The van der Waals surface area contributed by atoms with Crippen molar-refractivity contribution in [1.29, 1.82) is 0 Å². The van der Waals surface area contributed by atoms with Gasteiger partial charge in [-0.3, -0.25) is 0 Å². The molecule has 0 radical (unpaired) electrons. The number of nitrogens with two attached hydrogens (primary N) is 2. The van der Waals surface area contributed by atoms with Crippen LogP contribution in [0.1, 0.15) is 18.5 Å². The number of halogens is 1. The summed E-state index contributed by atoms with van der Waals surface area (Å²) in [5.41, 5.74) is 11.5. The quantitative estimate of drug-likeness (QED) is 0.595. The molecule has 2 unspecified atom stereocenters. The zero-order chi connectivity index (χ0) is 10.0. The molecular weight excluding hydrogens is 171 g/mol. The first-order chi connectivity index (χ1) is 6.02. The lowest BCUT2D eigenvalue weighted by molar-refractivity contribution is 0.164. The van der Waals surface area contributed by atoms with Crippen LogP contribution in [0.5, 0.6) is 0 Å². The zero-order valence-electron chi connectivity index (χ0n) is 7.37. The van der Waals surface area contributed by atoms with E-state index in [1.807, 2.05) is 0 Å². The number of anilines is 1. The van der Waals surface area contributed by atoms with Crippen LogP contribution < -0.4 is 11.5 Å². The van der Waals surface area contributed by atoms with Crippen molar-refractivity contribution in [3.63, 3.8) is 0 Å². The fourth-order valence-corrected chi connectivity index (χ4v) is 1.03. The van der Waals surface area contributed by atoms with Crippen LogP contribution in [-0.2, 0) is 0 Å². The van der Waals surface area contributed by atoms with Gasteiger partial charge in [0.15, 0.2) is 0 Å². The fourth-order valence-electron chi connectivity index (χ4n) is 1.03. The van der Waals surface area contributed by atoms with Crippen LogP contribution in [0, 0.1) is 5.82 Å². The van der Waals surface area contributed by atoms with Crippen molar-refractivity contribution < 1.29 is 9.50 Å². The van der Waals surface area contributed by atoms with Gasteiger partial charge in [-0.25, -0.2) is 4.39 Å². The lowest BCUT2D eigenvalue weighted by Gasteiger charge is -2.15. The average Bonchev–Trinajstić information content (AvgIpc) is 2.08. The third kappa shape index (κ3) is 2.17.